The zero-order chi connectivity index (χ0) is 11.4. The predicted octanol–water partition coefficient (Wildman–Crippen LogP) is 2.12. The fourth-order valence-electron chi connectivity index (χ4n) is 1.45. The molecule has 3 nitrogen and oxygen atoms in total. The lowest BCUT2D eigenvalue weighted by Gasteiger charge is -2.00. The Kier molecular flexibility index (Phi) is 3.31. The first kappa shape index (κ1) is 10.8. The van der Waals surface area contributed by atoms with Crippen LogP contribution in [0.5, 0.6) is 0 Å². The number of halogens is 1. The Labute approximate surface area is 93.9 Å². The van der Waals surface area contributed by atoms with Crippen molar-refractivity contribution in [3.8, 4) is 5.69 Å². The molecule has 0 saturated heterocycles. The predicted molar refractivity (Wildman–Crippen MR) is 60.9 cm³/mol. The van der Waals surface area contributed by atoms with Crippen LogP contribution in [0.25, 0.3) is 5.69 Å². The van der Waals surface area contributed by atoms with Crippen molar-refractivity contribution in [2.45, 2.75) is 13.5 Å². The smallest absolute Gasteiger partial charge is 0.123 e. The molecule has 1 heterocycles. The molecule has 0 amide bonds. The maximum absolute atomic E-state index is 12.7. The van der Waals surface area contributed by atoms with Gasteiger partial charge in [0.25, 0.3) is 0 Å². The average molecular weight is 219 g/mol. The van der Waals surface area contributed by atoms with E-state index in [1.54, 1.807) is 16.8 Å². The van der Waals surface area contributed by atoms with Crippen molar-refractivity contribution in [3.05, 3.63) is 48.0 Å². The van der Waals surface area contributed by atoms with Crippen molar-refractivity contribution in [1.29, 1.82) is 0 Å². The van der Waals surface area contributed by atoms with Gasteiger partial charge in [-0.25, -0.2) is 9.07 Å². The number of benzene rings is 1. The summed E-state index contributed by atoms with van der Waals surface area (Å²) in [7, 11) is 0. The summed E-state index contributed by atoms with van der Waals surface area (Å²) >= 11 is 0. The second kappa shape index (κ2) is 4.90. The molecule has 16 heavy (non-hydrogen) atoms. The third-order valence-electron chi connectivity index (χ3n) is 2.29. The highest BCUT2D eigenvalue weighted by atomic mass is 19.1. The molecule has 0 fully saturated rings. The highest BCUT2D eigenvalue weighted by Crippen LogP contribution is 2.08. The van der Waals surface area contributed by atoms with Gasteiger partial charge in [-0.3, -0.25) is 0 Å². The molecule has 84 valence electrons. The van der Waals surface area contributed by atoms with Crippen LogP contribution in [0.3, 0.4) is 0 Å². The summed E-state index contributed by atoms with van der Waals surface area (Å²) in [4.78, 5) is 0. The van der Waals surface area contributed by atoms with E-state index < -0.39 is 0 Å². The zero-order valence-electron chi connectivity index (χ0n) is 9.15. The zero-order valence-corrected chi connectivity index (χ0v) is 9.15. The number of rotatable bonds is 4. The molecule has 0 atom stereocenters. The molecule has 0 aliphatic heterocycles. The van der Waals surface area contributed by atoms with Crippen LogP contribution in [-0.2, 0) is 6.54 Å². The number of nitrogens with zero attached hydrogens (tertiary/aromatic N) is 2. The van der Waals surface area contributed by atoms with Gasteiger partial charge < -0.3 is 5.32 Å². The third kappa shape index (κ3) is 2.46. The van der Waals surface area contributed by atoms with Crippen LogP contribution in [0.4, 0.5) is 4.39 Å². The Morgan fingerprint density at radius 2 is 2.00 bits per heavy atom. The van der Waals surface area contributed by atoms with Crippen LogP contribution < -0.4 is 5.32 Å². The van der Waals surface area contributed by atoms with E-state index in [1.807, 2.05) is 12.3 Å². The van der Waals surface area contributed by atoms with Gasteiger partial charge in [-0.2, -0.15) is 5.10 Å². The fraction of sp³-hybridized carbons (Fsp3) is 0.250. The Morgan fingerprint density at radius 1 is 1.25 bits per heavy atom. The Hall–Kier alpha value is -1.68. The molecule has 0 spiro atoms. The van der Waals surface area contributed by atoms with Gasteiger partial charge in [-0.1, -0.05) is 6.92 Å². The van der Waals surface area contributed by atoms with E-state index in [9.17, 15) is 4.39 Å². The van der Waals surface area contributed by atoms with Gasteiger partial charge in [0.2, 0.25) is 0 Å². The molecular weight excluding hydrogens is 205 g/mol. The molecule has 0 radical (unpaired) electrons. The summed E-state index contributed by atoms with van der Waals surface area (Å²) in [6.07, 6.45) is 1.87. The summed E-state index contributed by atoms with van der Waals surface area (Å²) in [5.41, 5.74) is 1.84. The molecule has 2 rings (SSSR count). The lowest BCUT2D eigenvalue weighted by atomic mass is 10.3. The van der Waals surface area contributed by atoms with Gasteiger partial charge >= 0.3 is 0 Å². The second-order valence-corrected chi connectivity index (χ2v) is 3.51. The maximum Gasteiger partial charge on any atom is 0.123 e. The van der Waals surface area contributed by atoms with E-state index in [0.29, 0.717) is 0 Å². The van der Waals surface area contributed by atoms with E-state index in [0.717, 1.165) is 24.5 Å². The van der Waals surface area contributed by atoms with E-state index in [2.05, 4.69) is 17.3 Å². The van der Waals surface area contributed by atoms with Crippen LogP contribution in [-0.4, -0.2) is 16.3 Å². The number of hydrogen-bond acceptors (Lipinski definition) is 2. The van der Waals surface area contributed by atoms with Crippen molar-refractivity contribution < 1.29 is 4.39 Å². The quantitative estimate of drug-likeness (QED) is 0.853. The Morgan fingerprint density at radius 3 is 2.69 bits per heavy atom. The maximum atomic E-state index is 12.7. The fourth-order valence-corrected chi connectivity index (χ4v) is 1.45. The van der Waals surface area contributed by atoms with Gasteiger partial charge in [0.05, 0.1) is 11.4 Å². The van der Waals surface area contributed by atoms with Crippen LogP contribution >= 0.6 is 0 Å². The van der Waals surface area contributed by atoms with Crippen molar-refractivity contribution in [1.82, 2.24) is 15.1 Å². The molecule has 1 aromatic heterocycles. The second-order valence-electron chi connectivity index (χ2n) is 3.51. The summed E-state index contributed by atoms with van der Waals surface area (Å²) in [6, 6.07) is 8.23. The molecule has 2 aromatic rings. The number of aromatic nitrogens is 2. The SMILES string of the molecule is CCNCc1ccn(-c2ccc(F)cc2)n1. The summed E-state index contributed by atoms with van der Waals surface area (Å²) < 4.78 is 14.5. The lowest BCUT2D eigenvalue weighted by Crippen LogP contribution is -2.12. The standard InChI is InChI=1S/C12H14FN3/c1-2-14-9-11-7-8-16(15-11)12-5-3-10(13)4-6-12/h3-8,14H,2,9H2,1H3. The first-order chi connectivity index (χ1) is 7.79. The van der Waals surface area contributed by atoms with Crippen LogP contribution in [0, 0.1) is 5.82 Å². The number of hydrogen-bond donors (Lipinski definition) is 1. The van der Waals surface area contributed by atoms with Gasteiger partial charge in [0.1, 0.15) is 5.82 Å². The van der Waals surface area contributed by atoms with E-state index in [-0.39, 0.29) is 5.82 Å². The summed E-state index contributed by atoms with van der Waals surface area (Å²) in [6.45, 7) is 3.73. The van der Waals surface area contributed by atoms with Gasteiger partial charge in [-0.05, 0) is 36.9 Å². The highest BCUT2D eigenvalue weighted by molar-refractivity contribution is 5.31. The highest BCUT2D eigenvalue weighted by Gasteiger charge is 2.00. The molecule has 0 aliphatic carbocycles. The first-order valence-corrected chi connectivity index (χ1v) is 5.31. The summed E-state index contributed by atoms with van der Waals surface area (Å²) in [5.74, 6) is -0.233. The van der Waals surface area contributed by atoms with Crippen LogP contribution in [0.2, 0.25) is 0 Å². The molecule has 0 saturated carbocycles. The van der Waals surface area contributed by atoms with Gasteiger partial charge in [0, 0.05) is 12.7 Å². The van der Waals surface area contributed by atoms with Crippen molar-refractivity contribution >= 4 is 0 Å². The molecule has 4 heteroatoms. The molecule has 0 aliphatic rings. The summed E-state index contributed by atoms with van der Waals surface area (Å²) in [5, 5.41) is 7.58. The normalized spacial score (nSPS) is 10.6. The molecule has 1 N–H and O–H groups in total. The molecule has 1 aromatic carbocycles. The molecular formula is C12H14FN3. The first-order valence-electron chi connectivity index (χ1n) is 5.31. The Bertz CT molecular complexity index is 448. The van der Waals surface area contributed by atoms with Crippen LogP contribution in [0.15, 0.2) is 36.5 Å². The average Bonchev–Trinajstić information content (AvgIpc) is 2.76. The molecule has 0 unspecified atom stereocenters. The lowest BCUT2D eigenvalue weighted by molar-refractivity contribution is 0.626. The van der Waals surface area contributed by atoms with Gasteiger partial charge in [-0.15, -0.1) is 0 Å². The third-order valence-corrected chi connectivity index (χ3v) is 2.29. The number of nitrogens with one attached hydrogen (secondary N) is 1. The minimum Gasteiger partial charge on any atom is -0.311 e. The van der Waals surface area contributed by atoms with Crippen LogP contribution in [0.1, 0.15) is 12.6 Å². The van der Waals surface area contributed by atoms with E-state index in [4.69, 9.17) is 0 Å². The van der Waals surface area contributed by atoms with Crippen molar-refractivity contribution in [3.63, 3.8) is 0 Å². The van der Waals surface area contributed by atoms with Crippen molar-refractivity contribution in [2.75, 3.05) is 6.54 Å². The van der Waals surface area contributed by atoms with E-state index in [1.165, 1.54) is 12.1 Å². The van der Waals surface area contributed by atoms with Gasteiger partial charge in [0.15, 0.2) is 0 Å². The monoisotopic (exact) mass is 219 g/mol. The van der Waals surface area contributed by atoms with E-state index >= 15 is 0 Å². The largest absolute Gasteiger partial charge is 0.311 e. The van der Waals surface area contributed by atoms with Crippen molar-refractivity contribution in [2.24, 2.45) is 0 Å². The minimum absolute atomic E-state index is 0.233. The minimum atomic E-state index is -0.233. The molecule has 0 bridgehead atoms. The Balaban J connectivity index is 2.15. The topological polar surface area (TPSA) is 29.9 Å².